The van der Waals surface area contributed by atoms with Crippen LogP contribution in [0.25, 0.3) is 0 Å². The lowest BCUT2D eigenvalue weighted by Crippen LogP contribution is -2.53. The molecule has 0 aromatic rings. The third kappa shape index (κ3) is 3.79. The first kappa shape index (κ1) is 18.0. The molecule has 1 N–H and O–H groups in total. The van der Waals surface area contributed by atoms with Crippen LogP contribution in [0.15, 0.2) is 0 Å². The number of hydrogen-bond acceptors (Lipinski definition) is 3. The normalized spacial score (nSPS) is 31.4. The number of rotatable bonds is 2. The number of hydrogen-bond donors (Lipinski definition) is 1. The first-order valence-electron chi connectivity index (χ1n) is 7.45. The number of nitrogens with one attached hydrogen (secondary N) is 1. The van der Waals surface area contributed by atoms with E-state index in [2.05, 4.69) is 22.2 Å². The van der Waals surface area contributed by atoms with Crippen LogP contribution in [0.1, 0.15) is 32.1 Å². The maximum absolute atomic E-state index is 12.2. The molecule has 3 aliphatic rings. The molecule has 118 valence electrons. The van der Waals surface area contributed by atoms with Crippen LogP contribution in [0.3, 0.4) is 0 Å². The van der Waals surface area contributed by atoms with Gasteiger partial charge in [0.05, 0.1) is 0 Å². The van der Waals surface area contributed by atoms with Gasteiger partial charge in [-0.1, -0.05) is 0 Å². The van der Waals surface area contributed by atoms with Crippen molar-refractivity contribution in [3.05, 3.63) is 0 Å². The van der Waals surface area contributed by atoms with Gasteiger partial charge in [0.2, 0.25) is 5.91 Å². The van der Waals surface area contributed by atoms with Gasteiger partial charge in [-0.3, -0.25) is 4.79 Å². The van der Waals surface area contributed by atoms with Crippen LogP contribution in [0.5, 0.6) is 0 Å². The summed E-state index contributed by atoms with van der Waals surface area (Å²) in [6.07, 6.45) is 5.47. The van der Waals surface area contributed by atoms with Crippen molar-refractivity contribution in [2.75, 3.05) is 33.2 Å². The van der Waals surface area contributed by atoms with E-state index in [0.717, 1.165) is 38.3 Å². The fraction of sp³-hybridized carbons (Fsp3) is 0.929. The molecule has 3 aliphatic heterocycles. The van der Waals surface area contributed by atoms with Crippen LogP contribution in [-0.4, -0.2) is 61.0 Å². The highest BCUT2D eigenvalue weighted by Crippen LogP contribution is 2.28. The fourth-order valence-electron chi connectivity index (χ4n) is 3.79. The van der Waals surface area contributed by atoms with Crippen molar-refractivity contribution in [1.29, 1.82) is 0 Å². The Morgan fingerprint density at radius 1 is 1.15 bits per heavy atom. The summed E-state index contributed by atoms with van der Waals surface area (Å²) >= 11 is 0. The van der Waals surface area contributed by atoms with E-state index in [1.54, 1.807) is 0 Å². The van der Waals surface area contributed by atoms with E-state index in [4.69, 9.17) is 0 Å². The molecule has 0 spiro atoms. The molecule has 0 aromatic heterocycles. The summed E-state index contributed by atoms with van der Waals surface area (Å²) in [6.45, 7) is 4.49. The zero-order valence-corrected chi connectivity index (χ0v) is 13.8. The largest absolute Gasteiger partial charge is 0.338 e. The molecule has 0 saturated carbocycles. The minimum Gasteiger partial charge on any atom is -0.338 e. The molecule has 6 heteroatoms. The third-order valence-electron chi connectivity index (χ3n) is 4.99. The first-order chi connectivity index (χ1) is 8.74. The summed E-state index contributed by atoms with van der Waals surface area (Å²) in [5, 5.41) is 3.55. The van der Waals surface area contributed by atoms with Crippen molar-refractivity contribution < 1.29 is 4.79 Å². The predicted octanol–water partition coefficient (Wildman–Crippen LogP) is 1.52. The molecule has 3 rings (SSSR count). The van der Waals surface area contributed by atoms with Crippen LogP contribution in [0.4, 0.5) is 0 Å². The summed E-state index contributed by atoms with van der Waals surface area (Å²) < 4.78 is 0. The lowest BCUT2D eigenvalue weighted by Gasteiger charge is -2.40. The van der Waals surface area contributed by atoms with Crippen LogP contribution in [0, 0.1) is 5.92 Å². The summed E-state index contributed by atoms with van der Waals surface area (Å²) in [5.41, 5.74) is 0. The van der Waals surface area contributed by atoms with Crippen LogP contribution in [0.2, 0.25) is 0 Å². The zero-order chi connectivity index (χ0) is 12.5. The van der Waals surface area contributed by atoms with E-state index in [1.807, 2.05) is 0 Å². The van der Waals surface area contributed by atoms with Gasteiger partial charge in [-0.25, -0.2) is 0 Å². The molecule has 3 saturated heterocycles. The topological polar surface area (TPSA) is 35.6 Å². The maximum Gasteiger partial charge on any atom is 0.222 e. The molecular formula is C14H27Cl2N3O. The zero-order valence-electron chi connectivity index (χ0n) is 12.2. The van der Waals surface area contributed by atoms with Crippen LogP contribution >= 0.6 is 24.8 Å². The molecule has 0 aromatic carbocycles. The summed E-state index contributed by atoms with van der Waals surface area (Å²) in [5.74, 6) is 1.13. The number of fused-ring (bicyclic) bond motifs is 1. The number of nitrogens with zero attached hydrogens (tertiary/aromatic N) is 2. The Bertz CT molecular complexity index is 322. The SMILES string of the molecule is CN1CCC(CN2C(=O)CC[C@H]3NCC[C@H]32)CC1.Cl.Cl. The Balaban J connectivity index is 0.000001000. The smallest absolute Gasteiger partial charge is 0.222 e. The maximum atomic E-state index is 12.2. The monoisotopic (exact) mass is 323 g/mol. The molecule has 1 amide bonds. The molecule has 0 unspecified atom stereocenters. The molecule has 4 nitrogen and oxygen atoms in total. The molecular weight excluding hydrogens is 297 g/mol. The summed E-state index contributed by atoms with van der Waals surface area (Å²) in [7, 11) is 2.19. The predicted molar refractivity (Wildman–Crippen MR) is 85.9 cm³/mol. The highest BCUT2D eigenvalue weighted by atomic mass is 35.5. The summed E-state index contributed by atoms with van der Waals surface area (Å²) in [4.78, 5) is 16.8. The van der Waals surface area contributed by atoms with Gasteiger partial charge in [0.25, 0.3) is 0 Å². The average Bonchev–Trinajstić information content (AvgIpc) is 2.84. The van der Waals surface area contributed by atoms with Gasteiger partial charge < -0.3 is 15.1 Å². The number of amides is 1. The van der Waals surface area contributed by atoms with Gasteiger partial charge >= 0.3 is 0 Å². The Kier molecular flexibility index (Phi) is 7.06. The van der Waals surface area contributed by atoms with Gasteiger partial charge in [0.15, 0.2) is 0 Å². The second kappa shape index (κ2) is 7.83. The number of halogens is 2. The van der Waals surface area contributed by atoms with E-state index < -0.39 is 0 Å². The molecule has 3 heterocycles. The molecule has 3 fully saturated rings. The van der Waals surface area contributed by atoms with Crippen LogP contribution < -0.4 is 5.32 Å². The standard InChI is InChI=1S/C14H25N3O.2ClH/c1-16-8-5-11(6-9-16)10-17-13-4-7-15-12(13)2-3-14(17)18;;/h11-13,15H,2-10H2,1H3;2*1H/t12-,13-;;/m1../s1. The van der Waals surface area contributed by atoms with E-state index >= 15 is 0 Å². The second-order valence-corrected chi connectivity index (χ2v) is 6.25. The van der Waals surface area contributed by atoms with Gasteiger partial charge in [0, 0.05) is 25.0 Å². The molecule has 0 aliphatic carbocycles. The van der Waals surface area contributed by atoms with Crippen molar-refractivity contribution in [1.82, 2.24) is 15.1 Å². The number of piperidine rings is 2. The van der Waals surface area contributed by atoms with E-state index in [0.29, 0.717) is 18.0 Å². The van der Waals surface area contributed by atoms with E-state index in [9.17, 15) is 4.79 Å². The van der Waals surface area contributed by atoms with Crippen molar-refractivity contribution in [2.24, 2.45) is 5.92 Å². The van der Waals surface area contributed by atoms with Crippen LogP contribution in [-0.2, 0) is 4.79 Å². The van der Waals surface area contributed by atoms with E-state index in [-0.39, 0.29) is 24.8 Å². The lowest BCUT2D eigenvalue weighted by molar-refractivity contribution is -0.137. The quantitative estimate of drug-likeness (QED) is 0.837. The second-order valence-electron chi connectivity index (χ2n) is 6.25. The number of carbonyl (C=O) groups is 1. The number of likely N-dealkylation sites (tertiary alicyclic amines) is 2. The minimum absolute atomic E-state index is 0. The highest BCUT2D eigenvalue weighted by Gasteiger charge is 2.39. The van der Waals surface area contributed by atoms with Gasteiger partial charge in [-0.05, 0) is 58.3 Å². The molecule has 0 radical (unpaired) electrons. The van der Waals surface area contributed by atoms with Crippen molar-refractivity contribution in [3.8, 4) is 0 Å². The Morgan fingerprint density at radius 3 is 2.55 bits per heavy atom. The van der Waals surface area contributed by atoms with Gasteiger partial charge in [-0.15, -0.1) is 24.8 Å². The first-order valence-corrected chi connectivity index (χ1v) is 7.45. The van der Waals surface area contributed by atoms with Crippen molar-refractivity contribution in [3.63, 3.8) is 0 Å². The Morgan fingerprint density at radius 2 is 1.85 bits per heavy atom. The minimum atomic E-state index is 0. The van der Waals surface area contributed by atoms with Gasteiger partial charge in [0.1, 0.15) is 0 Å². The average molecular weight is 324 g/mol. The Labute approximate surface area is 134 Å². The van der Waals surface area contributed by atoms with Gasteiger partial charge in [-0.2, -0.15) is 0 Å². The molecule has 20 heavy (non-hydrogen) atoms. The molecule has 2 atom stereocenters. The third-order valence-corrected chi connectivity index (χ3v) is 4.99. The number of carbonyl (C=O) groups excluding carboxylic acids is 1. The highest BCUT2D eigenvalue weighted by molar-refractivity contribution is 5.85. The van der Waals surface area contributed by atoms with Crippen molar-refractivity contribution >= 4 is 30.7 Å². The molecule has 0 bridgehead atoms. The summed E-state index contributed by atoms with van der Waals surface area (Å²) in [6, 6.07) is 1.07. The fourth-order valence-corrected chi connectivity index (χ4v) is 3.79. The van der Waals surface area contributed by atoms with E-state index in [1.165, 1.54) is 25.9 Å². The lowest BCUT2D eigenvalue weighted by atomic mass is 9.91. The Hall–Kier alpha value is -0.0300. The van der Waals surface area contributed by atoms with Crippen molar-refractivity contribution in [2.45, 2.75) is 44.2 Å².